The van der Waals surface area contributed by atoms with E-state index >= 15 is 0 Å². The van der Waals surface area contributed by atoms with Crippen LogP contribution in [0.3, 0.4) is 0 Å². The van der Waals surface area contributed by atoms with Crippen molar-refractivity contribution in [1.82, 2.24) is 4.90 Å². The van der Waals surface area contributed by atoms with E-state index in [0.29, 0.717) is 17.4 Å². The van der Waals surface area contributed by atoms with Gasteiger partial charge in [0.1, 0.15) is 0 Å². The summed E-state index contributed by atoms with van der Waals surface area (Å²) in [7, 11) is 0. The van der Waals surface area contributed by atoms with Crippen molar-refractivity contribution in [3.8, 4) is 12.5 Å². The van der Waals surface area contributed by atoms with E-state index in [2.05, 4.69) is 38.6 Å². The first-order chi connectivity index (χ1) is 5.46. The molecule has 0 radical (unpaired) electrons. The quantitative estimate of drug-likeness (QED) is 0.539. The average Bonchev–Trinajstić information content (AvgIpc) is 2.25. The maximum absolute atomic E-state index is 5.46. The lowest BCUT2D eigenvalue weighted by Gasteiger charge is -2.23. The lowest BCUT2D eigenvalue weighted by Crippen LogP contribution is -2.29. The van der Waals surface area contributed by atoms with Crippen molar-refractivity contribution >= 4 is 0 Å². The van der Waals surface area contributed by atoms with Gasteiger partial charge in [-0.25, -0.2) is 0 Å². The fourth-order valence-electron chi connectivity index (χ4n) is 2.06. The summed E-state index contributed by atoms with van der Waals surface area (Å²) in [4.78, 5) is 2.16. The first-order valence-corrected chi connectivity index (χ1v) is 4.69. The van der Waals surface area contributed by atoms with Gasteiger partial charge in [0, 0.05) is 18.6 Å². The minimum Gasteiger partial charge on any atom is -0.329 e. The largest absolute Gasteiger partial charge is 0.329 e. The minimum atomic E-state index is 0.404. The number of nitrogens with zero attached hydrogens (tertiary/aromatic N) is 1. The third kappa shape index (κ3) is 1.75. The van der Waals surface area contributed by atoms with Gasteiger partial charge in [-0.1, -0.05) is 34.1 Å². The molecule has 0 N–H and O–H groups in total. The Balaban J connectivity index is 2.71. The standard InChI is InChI=1S/C11H19N/c1-6-12-8-11(4,5)7-10(12)9(2)3/h1,9-10H,7-8H2,2-5H3. The van der Waals surface area contributed by atoms with Gasteiger partial charge < -0.3 is 4.90 Å². The third-order valence-corrected chi connectivity index (χ3v) is 2.70. The van der Waals surface area contributed by atoms with Crippen LogP contribution in [-0.2, 0) is 0 Å². The first kappa shape index (κ1) is 9.45. The Bertz CT molecular complexity index is 198. The molecule has 1 rings (SSSR count). The number of rotatable bonds is 1. The van der Waals surface area contributed by atoms with Gasteiger partial charge in [0.15, 0.2) is 0 Å². The van der Waals surface area contributed by atoms with Crippen molar-refractivity contribution in [3.63, 3.8) is 0 Å². The van der Waals surface area contributed by atoms with Crippen LogP contribution in [0.4, 0.5) is 0 Å². The van der Waals surface area contributed by atoms with E-state index < -0.39 is 0 Å². The first-order valence-electron chi connectivity index (χ1n) is 4.69. The number of terminal acetylenes is 1. The number of likely N-dealkylation sites (tertiary alicyclic amines) is 1. The summed E-state index contributed by atoms with van der Waals surface area (Å²) in [6.45, 7) is 10.1. The molecule has 0 aromatic heterocycles. The van der Waals surface area contributed by atoms with Crippen LogP contribution in [0.5, 0.6) is 0 Å². The van der Waals surface area contributed by atoms with Crippen LogP contribution < -0.4 is 0 Å². The molecule has 1 unspecified atom stereocenters. The fraction of sp³-hybridized carbons (Fsp3) is 0.818. The minimum absolute atomic E-state index is 0.404. The van der Waals surface area contributed by atoms with Gasteiger partial charge in [-0.3, -0.25) is 0 Å². The highest BCUT2D eigenvalue weighted by Crippen LogP contribution is 2.36. The van der Waals surface area contributed by atoms with Crippen LogP contribution >= 0.6 is 0 Å². The zero-order chi connectivity index (χ0) is 9.35. The van der Waals surface area contributed by atoms with Crippen molar-refractivity contribution in [1.29, 1.82) is 0 Å². The normalized spacial score (nSPS) is 27.7. The van der Waals surface area contributed by atoms with Crippen LogP contribution in [0.1, 0.15) is 34.1 Å². The summed E-state index contributed by atoms with van der Waals surface area (Å²) in [5.41, 5.74) is 0.404. The molecule has 1 nitrogen and oxygen atoms in total. The summed E-state index contributed by atoms with van der Waals surface area (Å²) >= 11 is 0. The summed E-state index contributed by atoms with van der Waals surface area (Å²) in [5, 5.41) is 0. The third-order valence-electron chi connectivity index (χ3n) is 2.70. The summed E-state index contributed by atoms with van der Waals surface area (Å²) in [5.74, 6) is 0.669. The molecule has 0 aromatic rings. The van der Waals surface area contributed by atoms with E-state index in [4.69, 9.17) is 6.42 Å². The van der Waals surface area contributed by atoms with E-state index in [1.54, 1.807) is 0 Å². The van der Waals surface area contributed by atoms with Crippen molar-refractivity contribution in [2.45, 2.75) is 40.2 Å². The molecule has 0 aromatic carbocycles. The van der Waals surface area contributed by atoms with Gasteiger partial charge in [0.2, 0.25) is 0 Å². The molecule has 0 bridgehead atoms. The molecule has 1 fully saturated rings. The monoisotopic (exact) mass is 165 g/mol. The molecule has 1 heteroatoms. The van der Waals surface area contributed by atoms with E-state index in [1.807, 2.05) is 0 Å². The molecule has 1 aliphatic heterocycles. The van der Waals surface area contributed by atoms with E-state index in [9.17, 15) is 0 Å². The molecule has 1 aliphatic rings. The van der Waals surface area contributed by atoms with Crippen LogP contribution in [-0.4, -0.2) is 17.5 Å². The summed E-state index contributed by atoms with van der Waals surface area (Å²) in [6.07, 6.45) is 6.69. The summed E-state index contributed by atoms with van der Waals surface area (Å²) < 4.78 is 0. The Labute approximate surface area is 76.1 Å². The second-order valence-corrected chi connectivity index (χ2v) is 4.94. The highest BCUT2D eigenvalue weighted by Gasteiger charge is 2.37. The molecule has 12 heavy (non-hydrogen) atoms. The maximum Gasteiger partial charge on any atom is 0.0400 e. The molecule has 68 valence electrons. The second kappa shape index (κ2) is 3.01. The smallest absolute Gasteiger partial charge is 0.0400 e. The fourth-order valence-corrected chi connectivity index (χ4v) is 2.06. The van der Waals surface area contributed by atoms with Crippen molar-refractivity contribution in [2.24, 2.45) is 11.3 Å². The molecule has 0 spiro atoms. The molecule has 1 heterocycles. The molecular weight excluding hydrogens is 146 g/mol. The Kier molecular flexibility index (Phi) is 2.37. The van der Waals surface area contributed by atoms with Crippen LogP contribution in [0.15, 0.2) is 0 Å². The van der Waals surface area contributed by atoms with E-state index in [0.717, 1.165) is 6.54 Å². The van der Waals surface area contributed by atoms with Gasteiger partial charge in [-0.2, -0.15) is 0 Å². The number of hydrogen-bond donors (Lipinski definition) is 0. The molecule has 0 saturated carbocycles. The molecular formula is C11H19N. The van der Waals surface area contributed by atoms with Crippen LogP contribution in [0, 0.1) is 23.8 Å². The van der Waals surface area contributed by atoms with E-state index in [-0.39, 0.29) is 0 Å². The maximum atomic E-state index is 5.46. The second-order valence-electron chi connectivity index (χ2n) is 4.94. The predicted octanol–water partition coefficient (Wildman–Crippen LogP) is 2.33. The Morgan fingerprint density at radius 1 is 1.50 bits per heavy atom. The molecule has 0 amide bonds. The van der Waals surface area contributed by atoms with Gasteiger partial charge in [-0.05, 0) is 17.8 Å². The van der Waals surface area contributed by atoms with Crippen LogP contribution in [0.2, 0.25) is 0 Å². The Hall–Kier alpha value is -0.640. The molecule has 0 aliphatic carbocycles. The van der Waals surface area contributed by atoms with Gasteiger partial charge in [0.05, 0.1) is 0 Å². The van der Waals surface area contributed by atoms with E-state index in [1.165, 1.54) is 6.42 Å². The molecule has 1 atom stereocenters. The average molecular weight is 165 g/mol. The SMILES string of the molecule is C#CN1CC(C)(C)CC1C(C)C. The van der Waals surface area contributed by atoms with Crippen LogP contribution in [0.25, 0.3) is 0 Å². The van der Waals surface area contributed by atoms with Crippen molar-refractivity contribution < 1.29 is 0 Å². The highest BCUT2D eigenvalue weighted by atomic mass is 15.2. The van der Waals surface area contributed by atoms with Gasteiger partial charge in [0.25, 0.3) is 0 Å². The summed E-state index contributed by atoms with van der Waals surface area (Å²) in [6, 6.07) is 3.37. The topological polar surface area (TPSA) is 3.24 Å². The van der Waals surface area contributed by atoms with Crippen molar-refractivity contribution in [2.75, 3.05) is 6.54 Å². The zero-order valence-corrected chi connectivity index (χ0v) is 8.59. The lowest BCUT2D eigenvalue weighted by atomic mass is 9.87. The number of hydrogen-bond acceptors (Lipinski definition) is 1. The van der Waals surface area contributed by atoms with Gasteiger partial charge in [-0.15, -0.1) is 0 Å². The Morgan fingerprint density at radius 2 is 2.08 bits per heavy atom. The van der Waals surface area contributed by atoms with Gasteiger partial charge >= 0.3 is 0 Å². The zero-order valence-electron chi connectivity index (χ0n) is 8.59. The highest BCUT2D eigenvalue weighted by molar-refractivity contribution is 5.01. The molecule has 1 saturated heterocycles. The predicted molar refractivity (Wildman–Crippen MR) is 52.6 cm³/mol. The van der Waals surface area contributed by atoms with Crippen molar-refractivity contribution in [3.05, 3.63) is 0 Å². The lowest BCUT2D eigenvalue weighted by molar-refractivity contribution is 0.295. The Morgan fingerprint density at radius 3 is 2.42 bits per heavy atom.